The van der Waals surface area contributed by atoms with Gasteiger partial charge in [-0.3, -0.25) is 4.90 Å². The summed E-state index contributed by atoms with van der Waals surface area (Å²) >= 11 is 0. The minimum Gasteiger partial charge on any atom is -0.295 e. The quantitative estimate of drug-likeness (QED) is 0.412. The maximum Gasteiger partial charge on any atom is 0.0258 e. The first-order valence-electron chi connectivity index (χ1n) is 11.6. The van der Waals surface area contributed by atoms with E-state index < -0.39 is 0 Å². The van der Waals surface area contributed by atoms with Gasteiger partial charge in [0.1, 0.15) is 0 Å². The van der Waals surface area contributed by atoms with Crippen molar-refractivity contribution in [2.75, 3.05) is 6.54 Å². The maximum absolute atomic E-state index is 2.73. The Morgan fingerprint density at radius 2 is 1.92 bits per heavy atom. The first-order chi connectivity index (χ1) is 12.5. The molecule has 0 aromatic heterocycles. The van der Waals surface area contributed by atoms with Crippen molar-refractivity contribution in [3.63, 3.8) is 0 Å². The van der Waals surface area contributed by atoms with Crippen molar-refractivity contribution in [3.05, 3.63) is 22.8 Å². The van der Waals surface area contributed by atoms with E-state index in [-0.39, 0.29) is 0 Å². The van der Waals surface area contributed by atoms with Crippen LogP contribution >= 0.6 is 0 Å². The zero-order valence-electron chi connectivity index (χ0n) is 17.6. The minimum absolute atomic E-state index is 0.553. The summed E-state index contributed by atoms with van der Waals surface area (Å²) in [5, 5.41) is 0. The summed E-state index contributed by atoms with van der Waals surface area (Å²) in [4.78, 5) is 2.73. The van der Waals surface area contributed by atoms with Gasteiger partial charge in [-0.1, -0.05) is 29.7 Å². The third-order valence-electron chi connectivity index (χ3n) is 9.51. The van der Waals surface area contributed by atoms with E-state index in [9.17, 15) is 0 Å². The van der Waals surface area contributed by atoms with E-state index in [0.717, 1.165) is 35.8 Å². The van der Waals surface area contributed by atoms with E-state index in [0.29, 0.717) is 5.41 Å². The van der Waals surface area contributed by atoms with Gasteiger partial charge in [-0.05, 0) is 108 Å². The van der Waals surface area contributed by atoms with E-state index in [1.165, 1.54) is 64.3 Å². The normalized spacial score (nSPS) is 49.2. The standard InChI is InChI=1S/C25H39N/c1-5-19-8-11-23-22-10-6-17-14-18(24-15-26(24)16(2)3)7-9-20(17)21(22)12-13-25(19,23)4/h5,16,18,21-24H,6-15H2,1-4H3/b19-5-. The lowest BCUT2D eigenvalue weighted by Gasteiger charge is -2.51. The molecule has 5 aliphatic rings. The highest BCUT2D eigenvalue weighted by Gasteiger charge is 2.53. The van der Waals surface area contributed by atoms with Gasteiger partial charge in [-0.15, -0.1) is 0 Å². The average Bonchev–Trinajstić information content (AvgIpc) is 3.37. The second-order valence-electron chi connectivity index (χ2n) is 10.7. The molecule has 1 heteroatoms. The second kappa shape index (κ2) is 6.23. The van der Waals surface area contributed by atoms with E-state index in [2.05, 4.69) is 38.7 Å². The summed E-state index contributed by atoms with van der Waals surface area (Å²) in [6, 6.07) is 1.67. The van der Waals surface area contributed by atoms with Gasteiger partial charge >= 0.3 is 0 Å². The van der Waals surface area contributed by atoms with Crippen molar-refractivity contribution >= 4 is 0 Å². The number of hydrogen-bond donors (Lipinski definition) is 0. The van der Waals surface area contributed by atoms with Gasteiger partial charge in [-0.2, -0.15) is 0 Å². The Bertz CT molecular complexity index is 641. The third kappa shape index (κ3) is 2.52. The van der Waals surface area contributed by atoms with Gasteiger partial charge < -0.3 is 0 Å². The van der Waals surface area contributed by atoms with Gasteiger partial charge in [0.2, 0.25) is 0 Å². The maximum atomic E-state index is 2.73. The fraction of sp³-hybridized carbons (Fsp3) is 0.840. The number of rotatable bonds is 2. The molecule has 1 saturated heterocycles. The Morgan fingerprint density at radius 1 is 1.08 bits per heavy atom. The molecule has 0 N–H and O–H groups in total. The van der Waals surface area contributed by atoms with Crippen LogP contribution in [-0.2, 0) is 0 Å². The van der Waals surface area contributed by atoms with Crippen LogP contribution < -0.4 is 0 Å². The van der Waals surface area contributed by atoms with Gasteiger partial charge in [0.15, 0.2) is 0 Å². The lowest BCUT2D eigenvalue weighted by atomic mass is 9.53. The Morgan fingerprint density at radius 3 is 2.65 bits per heavy atom. The third-order valence-corrected chi connectivity index (χ3v) is 9.51. The summed E-state index contributed by atoms with van der Waals surface area (Å²) in [5.74, 6) is 3.94. The molecule has 2 saturated carbocycles. The summed E-state index contributed by atoms with van der Waals surface area (Å²) in [7, 11) is 0. The van der Waals surface area contributed by atoms with Gasteiger partial charge in [0.05, 0.1) is 0 Å². The summed E-state index contributed by atoms with van der Waals surface area (Å²) in [6.45, 7) is 11.0. The molecule has 1 aliphatic heterocycles. The fourth-order valence-corrected chi connectivity index (χ4v) is 8.07. The molecule has 0 amide bonds. The second-order valence-corrected chi connectivity index (χ2v) is 10.7. The molecule has 3 fully saturated rings. The van der Waals surface area contributed by atoms with Gasteiger partial charge in [0, 0.05) is 18.6 Å². The summed E-state index contributed by atoms with van der Waals surface area (Å²) in [6.07, 6.45) is 15.6. The fourth-order valence-electron chi connectivity index (χ4n) is 8.07. The molecule has 0 aromatic carbocycles. The predicted molar refractivity (Wildman–Crippen MR) is 110 cm³/mol. The van der Waals surface area contributed by atoms with Crippen molar-refractivity contribution in [3.8, 4) is 0 Å². The molecule has 7 atom stereocenters. The Kier molecular flexibility index (Phi) is 4.20. The molecule has 0 aromatic rings. The van der Waals surface area contributed by atoms with Crippen molar-refractivity contribution in [2.24, 2.45) is 29.1 Å². The van der Waals surface area contributed by atoms with Crippen LogP contribution in [0.5, 0.6) is 0 Å². The minimum atomic E-state index is 0.553. The number of allylic oxidation sites excluding steroid dienone is 4. The molecule has 1 nitrogen and oxygen atoms in total. The molecule has 1 heterocycles. The van der Waals surface area contributed by atoms with Gasteiger partial charge in [0.25, 0.3) is 0 Å². The van der Waals surface area contributed by atoms with Crippen LogP contribution in [0.3, 0.4) is 0 Å². The van der Waals surface area contributed by atoms with E-state index in [1.54, 1.807) is 5.57 Å². The predicted octanol–water partition coefficient (Wildman–Crippen LogP) is 6.36. The van der Waals surface area contributed by atoms with Crippen LogP contribution in [0, 0.1) is 29.1 Å². The van der Waals surface area contributed by atoms with E-state index in [4.69, 9.17) is 0 Å². The van der Waals surface area contributed by atoms with Crippen molar-refractivity contribution in [1.82, 2.24) is 4.90 Å². The van der Waals surface area contributed by atoms with Crippen LogP contribution in [0.1, 0.15) is 85.5 Å². The highest BCUT2D eigenvalue weighted by atomic mass is 15.3. The first kappa shape index (κ1) is 17.5. The highest BCUT2D eigenvalue weighted by molar-refractivity contribution is 5.30. The molecule has 7 unspecified atom stereocenters. The van der Waals surface area contributed by atoms with E-state index in [1.807, 2.05) is 11.1 Å². The first-order valence-corrected chi connectivity index (χ1v) is 11.6. The molecular formula is C25H39N. The lowest BCUT2D eigenvalue weighted by molar-refractivity contribution is 0.0588. The zero-order valence-corrected chi connectivity index (χ0v) is 17.6. The molecule has 5 rings (SSSR count). The highest BCUT2D eigenvalue weighted by Crippen LogP contribution is 2.63. The van der Waals surface area contributed by atoms with E-state index >= 15 is 0 Å². The molecule has 26 heavy (non-hydrogen) atoms. The Hall–Kier alpha value is -0.560. The SMILES string of the molecule is C/C=C1/CCC2C3CCC4=C(CCC(C5CN5C(C)C)C4)C3CCC12C. The molecule has 4 aliphatic carbocycles. The van der Waals surface area contributed by atoms with Crippen LogP contribution in [0.4, 0.5) is 0 Å². The summed E-state index contributed by atoms with van der Waals surface area (Å²) in [5.41, 5.74) is 6.26. The zero-order chi connectivity index (χ0) is 18.1. The molecule has 0 radical (unpaired) electrons. The van der Waals surface area contributed by atoms with Crippen LogP contribution in [0.15, 0.2) is 22.8 Å². The number of nitrogens with zero attached hydrogens (tertiary/aromatic N) is 1. The lowest BCUT2D eigenvalue weighted by Crippen LogP contribution is -2.42. The Labute approximate surface area is 161 Å². The smallest absolute Gasteiger partial charge is 0.0258 e. The monoisotopic (exact) mass is 353 g/mol. The topological polar surface area (TPSA) is 3.01 Å². The number of hydrogen-bond acceptors (Lipinski definition) is 1. The van der Waals surface area contributed by atoms with Crippen molar-refractivity contribution in [1.29, 1.82) is 0 Å². The largest absolute Gasteiger partial charge is 0.295 e. The van der Waals surface area contributed by atoms with Crippen LogP contribution in [0.25, 0.3) is 0 Å². The molecule has 0 spiro atoms. The Balaban J connectivity index is 1.34. The van der Waals surface area contributed by atoms with Gasteiger partial charge in [-0.25, -0.2) is 0 Å². The summed E-state index contributed by atoms with van der Waals surface area (Å²) < 4.78 is 0. The molecule has 144 valence electrons. The number of fused-ring (bicyclic) bond motifs is 4. The van der Waals surface area contributed by atoms with Crippen LogP contribution in [-0.4, -0.2) is 23.5 Å². The van der Waals surface area contributed by atoms with Crippen LogP contribution in [0.2, 0.25) is 0 Å². The molecular weight excluding hydrogens is 314 g/mol. The van der Waals surface area contributed by atoms with Crippen molar-refractivity contribution in [2.45, 2.75) is 97.6 Å². The average molecular weight is 354 g/mol. The van der Waals surface area contributed by atoms with Crippen molar-refractivity contribution < 1.29 is 0 Å². The molecule has 0 bridgehead atoms.